The van der Waals surface area contributed by atoms with Crippen LogP contribution in [-0.4, -0.2) is 27.7 Å². The monoisotopic (exact) mass is 307 g/mol. The zero-order valence-corrected chi connectivity index (χ0v) is 12.9. The van der Waals surface area contributed by atoms with E-state index in [0.717, 1.165) is 17.1 Å². The van der Waals surface area contributed by atoms with E-state index in [2.05, 4.69) is 15.1 Å². The van der Waals surface area contributed by atoms with Crippen LogP contribution in [0.2, 0.25) is 0 Å². The van der Waals surface area contributed by atoms with Gasteiger partial charge in [0, 0.05) is 11.1 Å². The molecular formula is C14H17N3O3S. The van der Waals surface area contributed by atoms with Crippen molar-refractivity contribution >= 4 is 17.3 Å². The summed E-state index contributed by atoms with van der Waals surface area (Å²) in [6.07, 6.45) is 2.93. The van der Waals surface area contributed by atoms with Crippen molar-refractivity contribution < 1.29 is 14.1 Å². The summed E-state index contributed by atoms with van der Waals surface area (Å²) >= 11 is 1.57. The van der Waals surface area contributed by atoms with Gasteiger partial charge in [-0.15, -0.1) is 11.3 Å². The molecule has 0 bridgehead atoms. The Morgan fingerprint density at radius 2 is 2.29 bits per heavy atom. The first-order chi connectivity index (χ1) is 10.1. The standard InChI is InChI=1S/C14H17N3O3S/c1-3-19-13(18)14(5-4-6-14)12-16-10(17-20-12)7-11-15-9(2)8-21-11/h8H,3-7H2,1-2H3. The molecule has 2 aromatic rings. The third-order valence-electron chi connectivity index (χ3n) is 3.73. The van der Waals surface area contributed by atoms with E-state index in [0.29, 0.717) is 37.6 Å². The number of hydrogen-bond acceptors (Lipinski definition) is 7. The maximum Gasteiger partial charge on any atom is 0.321 e. The number of carbonyl (C=O) groups is 1. The number of aryl methyl sites for hydroxylation is 1. The van der Waals surface area contributed by atoms with Crippen LogP contribution >= 0.6 is 11.3 Å². The van der Waals surface area contributed by atoms with Crippen molar-refractivity contribution in [2.45, 2.75) is 44.9 Å². The Bertz CT molecular complexity index is 645. The van der Waals surface area contributed by atoms with Gasteiger partial charge in [-0.2, -0.15) is 4.98 Å². The molecule has 0 atom stereocenters. The van der Waals surface area contributed by atoms with Gasteiger partial charge in [0.05, 0.1) is 13.0 Å². The molecule has 0 saturated heterocycles. The van der Waals surface area contributed by atoms with Crippen molar-refractivity contribution in [1.29, 1.82) is 0 Å². The van der Waals surface area contributed by atoms with Crippen molar-refractivity contribution in [3.8, 4) is 0 Å². The fraction of sp³-hybridized carbons (Fsp3) is 0.571. The lowest BCUT2D eigenvalue weighted by molar-refractivity contribution is -0.155. The van der Waals surface area contributed by atoms with Crippen LogP contribution < -0.4 is 0 Å². The fourth-order valence-electron chi connectivity index (χ4n) is 2.44. The van der Waals surface area contributed by atoms with E-state index >= 15 is 0 Å². The van der Waals surface area contributed by atoms with Crippen molar-refractivity contribution in [2.24, 2.45) is 0 Å². The van der Waals surface area contributed by atoms with E-state index in [9.17, 15) is 4.79 Å². The van der Waals surface area contributed by atoms with Crippen molar-refractivity contribution in [3.05, 3.63) is 27.8 Å². The maximum absolute atomic E-state index is 12.2. The fourth-order valence-corrected chi connectivity index (χ4v) is 3.21. The van der Waals surface area contributed by atoms with Gasteiger partial charge in [0.15, 0.2) is 5.82 Å². The first-order valence-electron chi connectivity index (χ1n) is 7.05. The van der Waals surface area contributed by atoms with Crippen LogP contribution in [-0.2, 0) is 21.4 Å². The smallest absolute Gasteiger partial charge is 0.321 e. The number of esters is 1. The summed E-state index contributed by atoms with van der Waals surface area (Å²) in [7, 11) is 0. The Morgan fingerprint density at radius 1 is 1.48 bits per heavy atom. The molecule has 0 spiro atoms. The summed E-state index contributed by atoms with van der Waals surface area (Å²) in [4.78, 5) is 20.9. The van der Waals surface area contributed by atoms with Gasteiger partial charge in [-0.25, -0.2) is 4.98 Å². The Balaban J connectivity index is 1.78. The van der Waals surface area contributed by atoms with Crippen LogP contribution in [0.1, 0.15) is 48.6 Å². The number of thiazole rings is 1. The third-order valence-corrected chi connectivity index (χ3v) is 4.69. The van der Waals surface area contributed by atoms with Crippen molar-refractivity contribution in [3.63, 3.8) is 0 Å². The van der Waals surface area contributed by atoms with Gasteiger partial charge in [-0.1, -0.05) is 11.6 Å². The number of nitrogens with zero attached hydrogens (tertiary/aromatic N) is 3. The largest absolute Gasteiger partial charge is 0.465 e. The summed E-state index contributed by atoms with van der Waals surface area (Å²) in [5.41, 5.74) is 0.265. The summed E-state index contributed by atoms with van der Waals surface area (Å²) in [5.74, 6) is 0.696. The quantitative estimate of drug-likeness (QED) is 0.789. The van der Waals surface area contributed by atoms with Gasteiger partial charge in [-0.05, 0) is 26.7 Å². The highest BCUT2D eigenvalue weighted by Crippen LogP contribution is 2.44. The van der Waals surface area contributed by atoms with E-state index in [4.69, 9.17) is 9.26 Å². The van der Waals surface area contributed by atoms with Gasteiger partial charge in [0.1, 0.15) is 10.4 Å². The molecule has 0 aliphatic heterocycles. The predicted octanol–water partition coefficient (Wildman–Crippen LogP) is 2.41. The summed E-state index contributed by atoms with van der Waals surface area (Å²) in [5, 5.41) is 6.92. The van der Waals surface area contributed by atoms with Gasteiger partial charge < -0.3 is 9.26 Å². The molecule has 21 heavy (non-hydrogen) atoms. The van der Waals surface area contributed by atoms with E-state index < -0.39 is 5.41 Å². The lowest BCUT2D eigenvalue weighted by atomic mass is 9.68. The van der Waals surface area contributed by atoms with E-state index in [1.165, 1.54) is 0 Å². The number of hydrogen-bond donors (Lipinski definition) is 0. The SMILES string of the molecule is CCOC(=O)C1(c2nc(Cc3nc(C)cs3)no2)CCC1. The molecule has 112 valence electrons. The van der Waals surface area contributed by atoms with Crippen LogP contribution in [0.3, 0.4) is 0 Å². The minimum atomic E-state index is -0.722. The summed E-state index contributed by atoms with van der Waals surface area (Å²) < 4.78 is 10.5. The molecule has 0 radical (unpaired) electrons. The van der Waals surface area contributed by atoms with Crippen LogP contribution in [0, 0.1) is 6.92 Å². The number of aromatic nitrogens is 3. The molecule has 1 aliphatic carbocycles. The molecule has 1 fully saturated rings. The van der Waals surface area contributed by atoms with Gasteiger partial charge >= 0.3 is 5.97 Å². The van der Waals surface area contributed by atoms with Crippen molar-refractivity contribution in [1.82, 2.24) is 15.1 Å². The number of carbonyl (C=O) groups excluding carboxylic acids is 1. The van der Waals surface area contributed by atoms with Crippen LogP contribution in [0.15, 0.2) is 9.90 Å². The normalized spacial score (nSPS) is 16.5. The topological polar surface area (TPSA) is 78.1 Å². The second-order valence-corrected chi connectivity index (χ2v) is 6.17. The van der Waals surface area contributed by atoms with Gasteiger partial charge in [0.2, 0.25) is 5.89 Å². The number of rotatable bonds is 5. The Kier molecular flexibility index (Phi) is 3.75. The van der Waals surface area contributed by atoms with Crippen LogP contribution in [0.25, 0.3) is 0 Å². The minimum Gasteiger partial charge on any atom is -0.465 e. The molecule has 6 nitrogen and oxygen atoms in total. The van der Waals surface area contributed by atoms with Gasteiger partial charge in [-0.3, -0.25) is 4.79 Å². The highest BCUT2D eigenvalue weighted by Gasteiger charge is 2.51. The number of ether oxygens (including phenoxy) is 1. The first-order valence-corrected chi connectivity index (χ1v) is 7.93. The van der Waals surface area contributed by atoms with Crippen molar-refractivity contribution in [2.75, 3.05) is 6.61 Å². The molecule has 7 heteroatoms. The van der Waals surface area contributed by atoms with Gasteiger partial charge in [0.25, 0.3) is 0 Å². The van der Waals surface area contributed by atoms with E-state index in [-0.39, 0.29) is 5.97 Å². The molecule has 2 heterocycles. The highest BCUT2D eigenvalue weighted by molar-refractivity contribution is 7.09. The zero-order valence-electron chi connectivity index (χ0n) is 12.1. The molecule has 1 aliphatic rings. The highest BCUT2D eigenvalue weighted by atomic mass is 32.1. The van der Waals surface area contributed by atoms with E-state index in [1.54, 1.807) is 18.3 Å². The summed E-state index contributed by atoms with van der Waals surface area (Å²) in [6, 6.07) is 0. The molecule has 0 amide bonds. The molecular weight excluding hydrogens is 290 g/mol. The van der Waals surface area contributed by atoms with Crippen LogP contribution in [0.5, 0.6) is 0 Å². The predicted molar refractivity (Wildman–Crippen MR) is 76.1 cm³/mol. The molecule has 0 aromatic carbocycles. The Labute approximate surface area is 126 Å². The molecule has 0 N–H and O–H groups in total. The molecule has 2 aromatic heterocycles. The molecule has 0 unspecified atom stereocenters. The van der Waals surface area contributed by atoms with E-state index in [1.807, 2.05) is 12.3 Å². The lowest BCUT2D eigenvalue weighted by Crippen LogP contribution is -2.44. The zero-order chi connectivity index (χ0) is 14.9. The minimum absolute atomic E-state index is 0.253. The first kappa shape index (κ1) is 14.2. The Hall–Kier alpha value is -1.76. The average Bonchev–Trinajstić information content (AvgIpc) is 2.99. The molecule has 1 saturated carbocycles. The maximum atomic E-state index is 12.2. The second-order valence-electron chi connectivity index (χ2n) is 5.23. The third kappa shape index (κ3) is 2.57. The summed E-state index contributed by atoms with van der Waals surface area (Å²) in [6.45, 7) is 4.11. The molecule has 3 rings (SSSR count). The Morgan fingerprint density at radius 3 is 2.86 bits per heavy atom. The second kappa shape index (κ2) is 5.55. The van der Waals surface area contributed by atoms with Crippen LogP contribution in [0.4, 0.5) is 0 Å². The average molecular weight is 307 g/mol. The lowest BCUT2D eigenvalue weighted by Gasteiger charge is -2.35.